The van der Waals surface area contributed by atoms with Gasteiger partial charge in [-0.1, -0.05) is 51.1 Å². The molecule has 0 aliphatic heterocycles. The largest absolute Gasteiger partial charge is 0.453 e. The molecule has 0 aliphatic carbocycles. The molecule has 1 N–H and O–H groups in total. The van der Waals surface area contributed by atoms with Crippen LogP contribution in [0.2, 0.25) is 0 Å². The Kier molecular flexibility index (Phi) is 12.3. The van der Waals surface area contributed by atoms with Crippen molar-refractivity contribution < 1.29 is 41.4 Å². The second kappa shape index (κ2) is 15.6. The van der Waals surface area contributed by atoms with E-state index in [-0.39, 0.29) is 30.3 Å². The van der Waals surface area contributed by atoms with E-state index >= 15 is 0 Å². The van der Waals surface area contributed by atoms with Gasteiger partial charge in [0.15, 0.2) is 17.8 Å². The molecule has 3 aromatic rings. The minimum absolute atomic E-state index is 0.105. The van der Waals surface area contributed by atoms with Gasteiger partial charge in [0.05, 0.1) is 24.2 Å². The van der Waals surface area contributed by atoms with E-state index in [0.717, 1.165) is 30.7 Å². The van der Waals surface area contributed by atoms with Crippen molar-refractivity contribution in [3.8, 4) is 11.4 Å². The number of nitrogens with one attached hydrogen (secondary N) is 1. The molecule has 2 amide bonds. The van der Waals surface area contributed by atoms with Gasteiger partial charge in [0, 0.05) is 13.5 Å². The molecule has 0 aliphatic rings. The lowest BCUT2D eigenvalue weighted by Crippen LogP contribution is -2.50. The average Bonchev–Trinajstić information content (AvgIpc) is 3.35. The summed E-state index contributed by atoms with van der Waals surface area (Å²) in [6, 6.07) is 9.17. The standard InChI is InChI=1S/C34H43F4N5O5/c1-20(47-21(2)44)31(45)42(17-16-26(28(37)38)39-32(46)48-34(6,7)8)27(33(3,4)5)30-40-29(24-18-23(35)14-15-25(24)36)41-43(30)19-22-12-10-9-11-13-22/h9-15,18,20,26-28H,16-17,19H2,1-8H3,(H,39,46)/t20-,26-,27-/m0/s1. The number of carbonyl (C=O) groups excluding carboxylic acids is 3. The van der Waals surface area contributed by atoms with Crippen molar-refractivity contribution in [3.05, 3.63) is 71.6 Å². The summed E-state index contributed by atoms with van der Waals surface area (Å²) in [6.07, 6.45) is -5.85. The van der Waals surface area contributed by atoms with E-state index in [0.29, 0.717) is 0 Å². The molecule has 14 heteroatoms. The highest BCUT2D eigenvalue weighted by molar-refractivity contribution is 5.83. The second-order valence-electron chi connectivity index (χ2n) is 13.5. The lowest BCUT2D eigenvalue weighted by Gasteiger charge is -2.41. The molecule has 0 unspecified atom stereocenters. The summed E-state index contributed by atoms with van der Waals surface area (Å²) in [5.41, 5.74) is -1.28. The number of esters is 1. The summed E-state index contributed by atoms with van der Waals surface area (Å²) < 4.78 is 69.6. The van der Waals surface area contributed by atoms with E-state index < -0.39 is 71.7 Å². The molecule has 48 heavy (non-hydrogen) atoms. The molecule has 1 aromatic heterocycles. The number of nitrogens with zero attached hydrogens (tertiary/aromatic N) is 4. The number of benzene rings is 2. The smallest absolute Gasteiger partial charge is 0.408 e. The van der Waals surface area contributed by atoms with Gasteiger partial charge in [-0.3, -0.25) is 9.59 Å². The Morgan fingerprint density at radius 3 is 2.21 bits per heavy atom. The van der Waals surface area contributed by atoms with Gasteiger partial charge in [-0.15, -0.1) is 0 Å². The van der Waals surface area contributed by atoms with Crippen molar-refractivity contribution in [2.45, 2.75) is 98.6 Å². The number of halogens is 4. The van der Waals surface area contributed by atoms with E-state index in [1.54, 1.807) is 53.7 Å². The van der Waals surface area contributed by atoms with Crippen molar-refractivity contribution in [2.75, 3.05) is 6.54 Å². The van der Waals surface area contributed by atoms with Crippen LogP contribution < -0.4 is 5.32 Å². The first kappa shape index (κ1) is 38.0. The maximum absolute atomic E-state index is 15.0. The summed E-state index contributed by atoms with van der Waals surface area (Å²) in [5, 5.41) is 6.71. The maximum Gasteiger partial charge on any atom is 0.408 e. The number of amides is 2. The quantitative estimate of drug-likeness (QED) is 0.168. The molecular weight excluding hydrogens is 634 g/mol. The van der Waals surface area contributed by atoms with Gasteiger partial charge in [-0.2, -0.15) is 5.10 Å². The van der Waals surface area contributed by atoms with Crippen molar-refractivity contribution >= 4 is 18.0 Å². The first-order valence-electron chi connectivity index (χ1n) is 15.5. The molecular formula is C34H43F4N5O5. The van der Waals surface area contributed by atoms with Gasteiger partial charge < -0.3 is 19.7 Å². The number of hydrogen-bond donors (Lipinski definition) is 1. The Balaban J connectivity index is 2.18. The number of hydrogen-bond acceptors (Lipinski definition) is 7. The first-order chi connectivity index (χ1) is 22.3. The number of carbonyl (C=O) groups is 3. The van der Waals surface area contributed by atoms with E-state index in [2.05, 4.69) is 15.4 Å². The molecule has 0 fully saturated rings. The fraction of sp³-hybridized carbons (Fsp3) is 0.500. The van der Waals surface area contributed by atoms with Crippen molar-refractivity contribution in [2.24, 2.45) is 5.41 Å². The fourth-order valence-corrected chi connectivity index (χ4v) is 5.10. The lowest BCUT2D eigenvalue weighted by molar-refractivity contribution is -0.160. The van der Waals surface area contributed by atoms with Crippen LogP contribution in [0.1, 0.15) is 79.2 Å². The minimum atomic E-state index is -3.03. The maximum atomic E-state index is 15.0. The van der Waals surface area contributed by atoms with Gasteiger partial charge in [0.1, 0.15) is 17.2 Å². The zero-order chi connectivity index (χ0) is 36.0. The normalized spacial score (nSPS) is 13.9. The molecule has 0 bridgehead atoms. The lowest BCUT2D eigenvalue weighted by atomic mass is 9.84. The Bertz CT molecular complexity index is 1570. The zero-order valence-corrected chi connectivity index (χ0v) is 28.4. The van der Waals surface area contributed by atoms with E-state index in [1.807, 2.05) is 18.2 Å². The molecule has 3 rings (SSSR count). The van der Waals surface area contributed by atoms with Gasteiger partial charge >= 0.3 is 12.1 Å². The molecule has 0 saturated carbocycles. The third-order valence-electron chi connectivity index (χ3n) is 7.08. The summed E-state index contributed by atoms with van der Waals surface area (Å²) in [6.45, 7) is 12.3. The average molecular weight is 678 g/mol. The van der Waals surface area contributed by atoms with E-state index in [1.165, 1.54) is 16.5 Å². The molecule has 3 atom stereocenters. The van der Waals surface area contributed by atoms with Crippen LogP contribution >= 0.6 is 0 Å². The van der Waals surface area contributed by atoms with E-state index in [4.69, 9.17) is 9.47 Å². The van der Waals surface area contributed by atoms with Crippen LogP contribution in [0.25, 0.3) is 11.4 Å². The van der Waals surface area contributed by atoms with Crippen LogP contribution in [0, 0.1) is 17.0 Å². The summed E-state index contributed by atoms with van der Waals surface area (Å²) in [4.78, 5) is 44.2. The number of alkyl halides is 2. The Labute approximate surface area is 277 Å². The molecule has 0 spiro atoms. The molecule has 10 nitrogen and oxygen atoms in total. The first-order valence-corrected chi connectivity index (χ1v) is 15.5. The zero-order valence-electron chi connectivity index (χ0n) is 28.4. The van der Waals surface area contributed by atoms with Crippen LogP contribution in [0.4, 0.5) is 22.4 Å². The SMILES string of the molecule is CC(=O)O[C@@H](C)C(=O)N(CC[C@H](NC(=O)OC(C)(C)C)C(F)F)[C@@H](c1nc(-c2cc(F)ccc2F)nn1Cc1ccccc1)C(C)(C)C. The summed E-state index contributed by atoms with van der Waals surface area (Å²) in [7, 11) is 0. The monoisotopic (exact) mass is 677 g/mol. The van der Waals surface area contributed by atoms with Crippen LogP contribution in [0.3, 0.4) is 0 Å². The predicted molar refractivity (Wildman–Crippen MR) is 170 cm³/mol. The molecule has 1 heterocycles. The van der Waals surface area contributed by atoms with Gasteiger partial charge in [0.25, 0.3) is 12.3 Å². The molecule has 262 valence electrons. The van der Waals surface area contributed by atoms with Gasteiger partial charge in [-0.05, 0) is 63.3 Å². The number of aromatic nitrogens is 3. The second-order valence-corrected chi connectivity index (χ2v) is 13.5. The van der Waals surface area contributed by atoms with E-state index in [9.17, 15) is 31.9 Å². The number of rotatable bonds is 12. The number of alkyl carbamates (subject to hydrolysis) is 1. The Hall–Kier alpha value is -4.49. The Morgan fingerprint density at radius 1 is 1.00 bits per heavy atom. The highest BCUT2D eigenvalue weighted by Crippen LogP contribution is 2.39. The molecule has 0 saturated heterocycles. The summed E-state index contributed by atoms with van der Waals surface area (Å²) in [5.74, 6) is -3.00. The van der Waals surface area contributed by atoms with Crippen molar-refractivity contribution in [3.63, 3.8) is 0 Å². The molecule has 2 aromatic carbocycles. The van der Waals surface area contributed by atoms with Crippen LogP contribution in [-0.2, 0) is 25.6 Å². The topological polar surface area (TPSA) is 116 Å². The van der Waals surface area contributed by atoms with Crippen molar-refractivity contribution in [1.29, 1.82) is 0 Å². The number of ether oxygens (including phenoxy) is 2. The predicted octanol–water partition coefficient (Wildman–Crippen LogP) is 6.69. The summed E-state index contributed by atoms with van der Waals surface area (Å²) >= 11 is 0. The van der Waals surface area contributed by atoms with Gasteiger partial charge in [-0.25, -0.2) is 32.0 Å². The van der Waals surface area contributed by atoms with Crippen LogP contribution in [0.15, 0.2) is 48.5 Å². The van der Waals surface area contributed by atoms with Crippen molar-refractivity contribution in [1.82, 2.24) is 25.0 Å². The third kappa shape index (κ3) is 10.5. The Morgan fingerprint density at radius 2 is 1.65 bits per heavy atom. The minimum Gasteiger partial charge on any atom is -0.453 e. The van der Waals surface area contributed by atoms with Crippen LogP contribution in [0.5, 0.6) is 0 Å². The fourth-order valence-electron chi connectivity index (χ4n) is 5.10. The van der Waals surface area contributed by atoms with Crippen LogP contribution in [-0.4, -0.2) is 68.4 Å². The van der Waals surface area contributed by atoms with Gasteiger partial charge in [0.2, 0.25) is 0 Å². The molecule has 0 radical (unpaired) electrons. The third-order valence-corrected chi connectivity index (χ3v) is 7.08. The highest BCUT2D eigenvalue weighted by atomic mass is 19.3. The highest BCUT2D eigenvalue weighted by Gasteiger charge is 2.41.